The molecular formula is C8H14N2O2. The van der Waals surface area contributed by atoms with Gasteiger partial charge in [-0.15, -0.1) is 0 Å². The van der Waals surface area contributed by atoms with Crippen LogP contribution in [0, 0.1) is 17.2 Å². The van der Waals surface area contributed by atoms with Crippen LogP contribution in [0.5, 0.6) is 0 Å². The first kappa shape index (κ1) is 10.9. The minimum atomic E-state index is -0.619. The molecule has 2 N–H and O–H groups in total. The summed E-state index contributed by atoms with van der Waals surface area (Å²) >= 11 is 0. The second kappa shape index (κ2) is 5.56. The van der Waals surface area contributed by atoms with E-state index in [9.17, 15) is 4.79 Å². The van der Waals surface area contributed by atoms with Crippen molar-refractivity contribution < 1.29 is 9.90 Å². The van der Waals surface area contributed by atoms with E-state index in [1.54, 1.807) is 13.8 Å². The first-order valence-corrected chi connectivity index (χ1v) is 3.92. The first-order valence-electron chi connectivity index (χ1n) is 3.92. The van der Waals surface area contributed by atoms with Gasteiger partial charge in [-0.1, -0.05) is 0 Å². The van der Waals surface area contributed by atoms with E-state index in [1.165, 1.54) is 0 Å². The molecule has 0 heterocycles. The van der Waals surface area contributed by atoms with Crippen LogP contribution in [-0.2, 0) is 4.79 Å². The van der Waals surface area contributed by atoms with Crippen molar-refractivity contribution >= 4 is 5.91 Å². The Balaban J connectivity index is 3.77. The lowest BCUT2D eigenvalue weighted by Crippen LogP contribution is -2.36. The van der Waals surface area contributed by atoms with Gasteiger partial charge in [0.2, 0.25) is 5.91 Å². The lowest BCUT2D eigenvalue weighted by molar-refractivity contribution is -0.123. The van der Waals surface area contributed by atoms with E-state index in [-0.39, 0.29) is 18.6 Å². The molecule has 0 aromatic heterocycles. The minimum absolute atomic E-state index is 0.0440. The standard InChI is InChI=1S/C8H14N2O2/c1-6(5-9)8(12)10-7(2)3-4-11/h6-7,11H,3-4H2,1-2H3,(H,10,12). The van der Waals surface area contributed by atoms with E-state index >= 15 is 0 Å². The number of hydrogen-bond acceptors (Lipinski definition) is 3. The lowest BCUT2D eigenvalue weighted by Gasteiger charge is -2.12. The molecule has 0 rings (SSSR count). The second-order valence-corrected chi connectivity index (χ2v) is 2.77. The fraction of sp³-hybridized carbons (Fsp3) is 0.750. The van der Waals surface area contributed by atoms with Crippen LogP contribution < -0.4 is 5.32 Å². The van der Waals surface area contributed by atoms with Crippen molar-refractivity contribution in [3.8, 4) is 6.07 Å². The molecule has 0 aliphatic carbocycles. The molecule has 12 heavy (non-hydrogen) atoms. The predicted octanol–water partition coefficient (Wildman–Crippen LogP) is 0.0332. The summed E-state index contributed by atoms with van der Waals surface area (Å²) in [6.07, 6.45) is 0.518. The molecule has 0 fully saturated rings. The van der Waals surface area contributed by atoms with Gasteiger partial charge < -0.3 is 10.4 Å². The number of amides is 1. The Labute approximate surface area is 72.2 Å². The largest absolute Gasteiger partial charge is 0.396 e. The highest BCUT2D eigenvalue weighted by atomic mass is 16.3. The Morgan fingerprint density at radius 1 is 1.67 bits per heavy atom. The molecule has 0 aliphatic heterocycles. The monoisotopic (exact) mass is 170 g/mol. The van der Waals surface area contributed by atoms with Gasteiger partial charge in [0, 0.05) is 12.6 Å². The second-order valence-electron chi connectivity index (χ2n) is 2.77. The Hall–Kier alpha value is -1.08. The fourth-order valence-electron chi connectivity index (χ4n) is 0.692. The number of nitriles is 1. The molecule has 0 bridgehead atoms. The highest BCUT2D eigenvalue weighted by Gasteiger charge is 2.13. The highest BCUT2D eigenvalue weighted by Crippen LogP contribution is 1.95. The fourth-order valence-corrected chi connectivity index (χ4v) is 0.692. The summed E-state index contributed by atoms with van der Waals surface area (Å²) in [5, 5.41) is 19.5. The Morgan fingerprint density at radius 3 is 2.67 bits per heavy atom. The molecule has 0 saturated carbocycles. The van der Waals surface area contributed by atoms with E-state index in [0.717, 1.165) is 0 Å². The first-order chi connectivity index (χ1) is 5.61. The highest BCUT2D eigenvalue weighted by molar-refractivity contribution is 5.80. The molecule has 4 nitrogen and oxygen atoms in total. The molecule has 0 aromatic carbocycles. The van der Waals surface area contributed by atoms with Gasteiger partial charge in [0.25, 0.3) is 0 Å². The molecule has 0 radical (unpaired) electrons. The molecule has 4 heteroatoms. The van der Waals surface area contributed by atoms with Crippen molar-refractivity contribution in [2.24, 2.45) is 5.92 Å². The van der Waals surface area contributed by atoms with Crippen molar-refractivity contribution in [3.05, 3.63) is 0 Å². The summed E-state index contributed by atoms with van der Waals surface area (Å²) in [6, 6.07) is 1.77. The van der Waals surface area contributed by atoms with E-state index in [4.69, 9.17) is 10.4 Å². The van der Waals surface area contributed by atoms with Crippen LogP contribution in [0.15, 0.2) is 0 Å². The molecular weight excluding hydrogens is 156 g/mol. The van der Waals surface area contributed by atoms with E-state index in [1.807, 2.05) is 6.07 Å². The number of rotatable bonds is 4. The summed E-state index contributed by atoms with van der Waals surface area (Å²) in [5.41, 5.74) is 0. The summed E-state index contributed by atoms with van der Waals surface area (Å²) in [7, 11) is 0. The molecule has 68 valence electrons. The molecule has 2 unspecified atom stereocenters. The summed E-state index contributed by atoms with van der Waals surface area (Å²) in [6.45, 7) is 3.38. The van der Waals surface area contributed by atoms with Crippen LogP contribution in [0.3, 0.4) is 0 Å². The van der Waals surface area contributed by atoms with Crippen LogP contribution in [0.25, 0.3) is 0 Å². The third kappa shape index (κ3) is 3.94. The number of nitrogens with one attached hydrogen (secondary N) is 1. The maximum atomic E-state index is 11.0. The van der Waals surface area contributed by atoms with Gasteiger partial charge in [-0.25, -0.2) is 0 Å². The average molecular weight is 170 g/mol. The van der Waals surface area contributed by atoms with Crippen molar-refractivity contribution in [1.82, 2.24) is 5.32 Å². The molecule has 0 spiro atoms. The van der Waals surface area contributed by atoms with E-state index in [2.05, 4.69) is 5.32 Å². The number of aliphatic hydroxyl groups is 1. The number of nitrogens with zero attached hydrogens (tertiary/aromatic N) is 1. The van der Waals surface area contributed by atoms with Gasteiger partial charge >= 0.3 is 0 Å². The van der Waals surface area contributed by atoms with E-state index in [0.29, 0.717) is 6.42 Å². The van der Waals surface area contributed by atoms with Crippen molar-refractivity contribution in [2.75, 3.05) is 6.61 Å². The quantitative estimate of drug-likeness (QED) is 0.625. The van der Waals surface area contributed by atoms with E-state index < -0.39 is 5.92 Å². The molecule has 0 aromatic rings. The summed E-state index contributed by atoms with van der Waals surface area (Å²) in [5.74, 6) is -0.899. The van der Waals surface area contributed by atoms with Gasteiger partial charge in [-0.3, -0.25) is 4.79 Å². The van der Waals surface area contributed by atoms with Crippen LogP contribution in [0.1, 0.15) is 20.3 Å². The third-order valence-electron chi connectivity index (χ3n) is 1.54. The smallest absolute Gasteiger partial charge is 0.237 e. The van der Waals surface area contributed by atoms with Gasteiger partial charge in [-0.05, 0) is 20.3 Å². The Bertz CT molecular complexity index is 186. The zero-order valence-corrected chi connectivity index (χ0v) is 7.37. The summed E-state index contributed by atoms with van der Waals surface area (Å²) < 4.78 is 0. The van der Waals surface area contributed by atoms with Crippen LogP contribution >= 0.6 is 0 Å². The van der Waals surface area contributed by atoms with Crippen LogP contribution in [-0.4, -0.2) is 23.7 Å². The average Bonchev–Trinajstić information content (AvgIpc) is 2.03. The normalized spacial score (nSPS) is 14.5. The van der Waals surface area contributed by atoms with Gasteiger partial charge in [-0.2, -0.15) is 5.26 Å². The van der Waals surface area contributed by atoms with Gasteiger partial charge in [0.15, 0.2) is 0 Å². The Kier molecular flexibility index (Phi) is 5.06. The number of carbonyl (C=O) groups excluding carboxylic acids is 1. The summed E-state index contributed by atoms with van der Waals surface area (Å²) in [4.78, 5) is 11.0. The molecule has 0 saturated heterocycles. The van der Waals surface area contributed by atoms with Crippen LogP contribution in [0.4, 0.5) is 0 Å². The number of aliphatic hydroxyl groups excluding tert-OH is 1. The third-order valence-corrected chi connectivity index (χ3v) is 1.54. The van der Waals surface area contributed by atoms with Crippen LogP contribution in [0.2, 0.25) is 0 Å². The molecule has 0 aliphatic rings. The SMILES string of the molecule is CC(CCO)NC(=O)C(C)C#N. The number of hydrogen-bond donors (Lipinski definition) is 2. The predicted molar refractivity (Wildman–Crippen MR) is 44.1 cm³/mol. The number of carbonyl (C=O) groups is 1. The van der Waals surface area contributed by atoms with Crippen molar-refractivity contribution in [1.29, 1.82) is 5.26 Å². The Morgan fingerprint density at radius 2 is 2.25 bits per heavy atom. The molecule has 1 amide bonds. The minimum Gasteiger partial charge on any atom is -0.396 e. The zero-order valence-electron chi connectivity index (χ0n) is 7.37. The molecule has 2 atom stereocenters. The van der Waals surface area contributed by atoms with Crippen molar-refractivity contribution in [2.45, 2.75) is 26.3 Å². The zero-order chi connectivity index (χ0) is 9.56. The maximum absolute atomic E-state index is 11.0. The van der Waals surface area contributed by atoms with Gasteiger partial charge in [0.1, 0.15) is 5.92 Å². The topological polar surface area (TPSA) is 73.1 Å². The maximum Gasteiger partial charge on any atom is 0.237 e. The van der Waals surface area contributed by atoms with Crippen molar-refractivity contribution in [3.63, 3.8) is 0 Å². The lowest BCUT2D eigenvalue weighted by atomic mass is 10.1. The van der Waals surface area contributed by atoms with Gasteiger partial charge in [0.05, 0.1) is 6.07 Å².